The van der Waals surface area contributed by atoms with Gasteiger partial charge in [0.25, 0.3) is 0 Å². The van der Waals surface area contributed by atoms with E-state index in [1.54, 1.807) is 18.2 Å². The van der Waals surface area contributed by atoms with Crippen molar-refractivity contribution < 1.29 is 4.39 Å². The van der Waals surface area contributed by atoms with Crippen molar-refractivity contribution in [3.63, 3.8) is 0 Å². The zero-order valence-electron chi connectivity index (χ0n) is 22.1. The van der Waals surface area contributed by atoms with Crippen LogP contribution in [0.5, 0.6) is 0 Å². The van der Waals surface area contributed by atoms with Crippen molar-refractivity contribution >= 4 is 10.8 Å². The first-order valence-electron chi connectivity index (χ1n) is 13.5. The van der Waals surface area contributed by atoms with E-state index in [-0.39, 0.29) is 5.82 Å². The maximum absolute atomic E-state index is 14.8. The Labute approximate surface area is 237 Å². The normalized spacial score (nSPS) is 11.0. The number of hydrogen-bond donors (Lipinski definition) is 0. The van der Waals surface area contributed by atoms with Crippen molar-refractivity contribution in [2.45, 2.75) is 0 Å². The zero-order valence-corrected chi connectivity index (χ0v) is 22.1. The summed E-state index contributed by atoms with van der Waals surface area (Å²) >= 11 is 0. The van der Waals surface area contributed by atoms with Gasteiger partial charge >= 0.3 is 0 Å². The molecular weight excluding hydrogens is 505 g/mol. The van der Waals surface area contributed by atoms with Crippen LogP contribution >= 0.6 is 0 Å². The summed E-state index contributed by atoms with van der Waals surface area (Å²) in [5.41, 5.74) is 6.47. The summed E-state index contributed by atoms with van der Waals surface area (Å²) in [5, 5.41) is 2.41. The largest absolute Gasteiger partial charge is 0.208 e. The Bertz CT molecular complexity index is 1980. The first kappa shape index (κ1) is 24.6. The molecule has 0 fully saturated rings. The van der Waals surface area contributed by atoms with E-state index in [1.165, 1.54) is 16.8 Å². The zero-order chi connectivity index (χ0) is 27.6. The third-order valence-corrected chi connectivity index (χ3v) is 7.23. The molecule has 0 saturated carbocycles. The van der Waals surface area contributed by atoms with Gasteiger partial charge in [-0.2, -0.15) is 0 Å². The maximum Gasteiger partial charge on any atom is 0.167 e. The summed E-state index contributed by atoms with van der Waals surface area (Å²) in [6.45, 7) is 0. The molecule has 0 radical (unpaired) electrons. The molecule has 7 aromatic rings. The highest BCUT2D eigenvalue weighted by Crippen LogP contribution is 2.30. The van der Waals surface area contributed by atoms with E-state index in [4.69, 9.17) is 15.0 Å². The Morgan fingerprint density at radius 3 is 1.46 bits per heavy atom. The predicted molar refractivity (Wildman–Crippen MR) is 164 cm³/mol. The first-order chi connectivity index (χ1) is 20.2. The fourth-order valence-corrected chi connectivity index (χ4v) is 5.02. The lowest BCUT2D eigenvalue weighted by Crippen LogP contribution is -2.01. The molecule has 7 rings (SSSR count). The minimum atomic E-state index is -0.373. The van der Waals surface area contributed by atoms with Crippen LogP contribution in [0.25, 0.3) is 67.2 Å². The fraction of sp³-hybridized carbons (Fsp3) is 0. The second-order valence-electron chi connectivity index (χ2n) is 9.87. The average molecular weight is 530 g/mol. The highest BCUT2D eigenvalue weighted by molar-refractivity contribution is 5.87. The summed E-state index contributed by atoms with van der Waals surface area (Å²) in [4.78, 5) is 14.2. The van der Waals surface area contributed by atoms with Gasteiger partial charge in [0.2, 0.25) is 0 Å². The molecule has 0 aliphatic rings. The van der Waals surface area contributed by atoms with Crippen LogP contribution in [0.1, 0.15) is 0 Å². The molecule has 6 aromatic carbocycles. The highest BCUT2D eigenvalue weighted by atomic mass is 19.1. The van der Waals surface area contributed by atoms with Crippen LogP contribution in [-0.2, 0) is 0 Å². The lowest BCUT2D eigenvalue weighted by molar-refractivity contribution is 0.630. The Morgan fingerprint density at radius 2 is 0.805 bits per heavy atom. The molecule has 0 atom stereocenters. The van der Waals surface area contributed by atoms with Gasteiger partial charge in [-0.3, -0.25) is 0 Å². The van der Waals surface area contributed by atoms with Gasteiger partial charge in [-0.25, -0.2) is 19.3 Å². The molecule has 0 aliphatic carbocycles. The molecular formula is C37H24FN3. The lowest BCUT2D eigenvalue weighted by atomic mass is 10.00. The average Bonchev–Trinajstić information content (AvgIpc) is 3.05. The molecule has 3 nitrogen and oxygen atoms in total. The lowest BCUT2D eigenvalue weighted by Gasteiger charge is -2.10. The summed E-state index contributed by atoms with van der Waals surface area (Å²) < 4.78 is 14.8. The Kier molecular flexibility index (Phi) is 6.34. The quantitative estimate of drug-likeness (QED) is 0.223. The number of benzene rings is 6. The van der Waals surface area contributed by atoms with Gasteiger partial charge < -0.3 is 0 Å². The van der Waals surface area contributed by atoms with Crippen molar-refractivity contribution in [1.82, 2.24) is 15.0 Å². The fourth-order valence-electron chi connectivity index (χ4n) is 5.02. The summed E-state index contributed by atoms with van der Waals surface area (Å²) in [6.07, 6.45) is 0. The maximum atomic E-state index is 14.8. The van der Waals surface area contributed by atoms with E-state index in [0.717, 1.165) is 33.4 Å². The second-order valence-corrected chi connectivity index (χ2v) is 9.87. The molecule has 0 aliphatic heterocycles. The highest BCUT2D eigenvalue weighted by Gasteiger charge is 2.15. The minimum Gasteiger partial charge on any atom is -0.208 e. The number of nitrogens with zero attached hydrogens (tertiary/aromatic N) is 3. The smallest absolute Gasteiger partial charge is 0.167 e. The van der Waals surface area contributed by atoms with Crippen LogP contribution in [0.15, 0.2) is 146 Å². The van der Waals surface area contributed by atoms with Crippen LogP contribution in [0.3, 0.4) is 0 Å². The molecule has 194 valence electrons. The van der Waals surface area contributed by atoms with Gasteiger partial charge in [0.1, 0.15) is 5.82 Å². The third-order valence-electron chi connectivity index (χ3n) is 7.23. The van der Waals surface area contributed by atoms with Gasteiger partial charge in [0.05, 0.1) is 5.56 Å². The van der Waals surface area contributed by atoms with E-state index in [9.17, 15) is 4.39 Å². The van der Waals surface area contributed by atoms with Crippen LogP contribution in [0.4, 0.5) is 4.39 Å². The standard InChI is InChI=1S/C37H24FN3/c38-34-13-7-6-12-33(34)37-40-35(29-19-14-27(15-20-29)25-8-2-1-3-9-25)39-36(41-37)30-21-16-28(17-22-30)32-23-18-26-10-4-5-11-31(26)24-32/h1-24H. The SMILES string of the molecule is Fc1ccccc1-c1nc(-c2ccc(-c3ccccc3)cc2)nc(-c2ccc(-c3ccc4ccccc4c3)cc2)n1. The van der Waals surface area contributed by atoms with E-state index in [1.807, 2.05) is 48.5 Å². The summed E-state index contributed by atoms with van der Waals surface area (Å²) in [7, 11) is 0. The molecule has 0 saturated heterocycles. The Morgan fingerprint density at radius 1 is 0.341 bits per heavy atom. The molecule has 0 N–H and O–H groups in total. The summed E-state index contributed by atoms with van der Waals surface area (Å²) in [5.74, 6) is 0.910. The Balaban J connectivity index is 1.29. The van der Waals surface area contributed by atoms with Gasteiger partial charge in [-0.05, 0) is 51.2 Å². The molecule has 0 spiro atoms. The van der Waals surface area contributed by atoms with Gasteiger partial charge in [-0.1, -0.05) is 127 Å². The number of halogens is 1. The van der Waals surface area contributed by atoms with Crippen molar-refractivity contribution in [1.29, 1.82) is 0 Å². The van der Waals surface area contributed by atoms with Crippen LogP contribution in [0, 0.1) is 5.82 Å². The van der Waals surface area contributed by atoms with Gasteiger partial charge in [0.15, 0.2) is 17.5 Å². The van der Waals surface area contributed by atoms with Gasteiger partial charge in [0, 0.05) is 11.1 Å². The molecule has 0 bridgehead atoms. The van der Waals surface area contributed by atoms with Gasteiger partial charge in [-0.15, -0.1) is 0 Å². The molecule has 41 heavy (non-hydrogen) atoms. The van der Waals surface area contributed by atoms with E-state index >= 15 is 0 Å². The van der Waals surface area contributed by atoms with Crippen molar-refractivity contribution in [3.05, 3.63) is 151 Å². The van der Waals surface area contributed by atoms with Crippen LogP contribution < -0.4 is 0 Å². The number of fused-ring (bicyclic) bond motifs is 1. The van der Waals surface area contributed by atoms with E-state index < -0.39 is 0 Å². The molecule has 0 unspecified atom stereocenters. The summed E-state index contributed by atoms with van der Waals surface area (Å²) in [6, 6.07) is 47.8. The minimum absolute atomic E-state index is 0.300. The van der Waals surface area contributed by atoms with Crippen molar-refractivity contribution in [2.75, 3.05) is 0 Å². The van der Waals surface area contributed by atoms with E-state index in [2.05, 4.69) is 72.8 Å². The first-order valence-corrected chi connectivity index (χ1v) is 13.5. The monoisotopic (exact) mass is 529 g/mol. The van der Waals surface area contributed by atoms with E-state index in [0.29, 0.717) is 23.0 Å². The molecule has 1 aromatic heterocycles. The van der Waals surface area contributed by atoms with Crippen molar-refractivity contribution in [2.24, 2.45) is 0 Å². The number of rotatable bonds is 5. The molecule has 4 heteroatoms. The predicted octanol–water partition coefficient (Wildman–Crippen LogP) is 9.50. The second kappa shape index (κ2) is 10.6. The molecule has 1 heterocycles. The Hall–Kier alpha value is -5.48. The number of hydrogen-bond acceptors (Lipinski definition) is 3. The van der Waals surface area contributed by atoms with Crippen LogP contribution in [0.2, 0.25) is 0 Å². The topological polar surface area (TPSA) is 38.7 Å². The van der Waals surface area contributed by atoms with Crippen molar-refractivity contribution in [3.8, 4) is 56.4 Å². The number of aromatic nitrogens is 3. The molecule has 0 amide bonds. The third kappa shape index (κ3) is 4.99. The van der Waals surface area contributed by atoms with Crippen LogP contribution in [-0.4, -0.2) is 15.0 Å².